The molecule has 0 unspecified atom stereocenters. The number of carbonyl (C=O) groups is 1. The molecule has 4 rings (SSSR count). The first-order chi connectivity index (χ1) is 12.3. The fourth-order valence-electron chi connectivity index (χ4n) is 3.90. The molecular formula is C21H27N3O2. The van der Waals surface area contributed by atoms with E-state index in [1.54, 1.807) is 6.92 Å². The van der Waals surface area contributed by atoms with E-state index in [9.17, 15) is 9.59 Å². The van der Waals surface area contributed by atoms with Crippen LogP contribution in [0.15, 0.2) is 16.9 Å². The standard InChI is InChI=1S/C21H27N3O2/c1-13-11-16(14(2)25)18-17(12-13)19(26)24(15-5-6-15)20(22-18)23-9-7-21(3,4)8-10-23/h11-12,15H,5-10H2,1-4H3. The predicted octanol–water partition coefficient (Wildman–Crippen LogP) is 3.87. The SMILES string of the molecule is CC(=O)c1cc(C)cc2c(=O)n(C3CC3)c(N3CCC(C)(C)CC3)nc12. The quantitative estimate of drug-likeness (QED) is 0.786. The molecule has 1 aromatic carbocycles. The lowest BCUT2D eigenvalue weighted by molar-refractivity contribution is 0.101. The Morgan fingerprint density at radius 3 is 2.42 bits per heavy atom. The van der Waals surface area contributed by atoms with Crippen LogP contribution < -0.4 is 10.5 Å². The number of nitrogens with zero attached hydrogens (tertiary/aromatic N) is 3. The van der Waals surface area contributed by atoms with E-state index in [1.807, 2.05) is 23.6 Å². The molecule has 2 aromatic rings. The molecular weight excluding hydrogens is 326 g/mol. The summed E-state index contributed by atoms with van der Waals surface area (Å²) in [4.78, 5) is 32.6. The zero-order valence-corrected chi connectivity index (χ0v) is 16.1. The fraction of sp³-hybridized carbons (Fsp3) is 0.571. The molecule has 1 aliphatic carbocycles. The van der Waals surface area contributed by atoms with E-state index in [1.165, 1.54) is 0 Å². The van der Waals surface area contributed by atoms with Gasteiger partial charge in [0.2, 0.25) is 5.95 Å². The largest absolute Gasteiger partial charge is 0.342 e. The Kier molecular flexibility index (Phi) is 3.94. The lowest BCUT2D eigenvalue weighted by Crippen LogP contribution is -2.41. The van der Waals surface area contributed by atoms with E-state index in [0.717, 1.165) is 50.3 Å². The second-order valence-electron chi connectivity index (χ2n) is 8.73. The van der Waals surface area contributed by atoms with Crippen LogP contribution in [0.25, 0.3) is 10.9 Å². The van der Waals surface area contributed by atoms with Gasteiger partial charge in [-0.2, -0.15) is 0 Å². The normalized spacial score (nSPS) is 19.8. The number of aromatic nitrogens is 2. The molecule has 1 saturated heterocycles. The van der Waals surface area contributed by atoms with Gasteiger partial charge in [0.25, 0.3) is 5.56 Å². The average Bonchev–Trinajstić information content (AvgIpc) is 3.39. The van der Waals surface area contributed by atoms with Crippen LogP contribution in [0, 0.1) is 12.3 Å². The number of aryl methyl sites for hydroxylation is 1. The van der Waals surface area contributed by atoms with Crippen molar-refractivity contribution < 1.29 is 4.79 Å². The van der Waals surface area contributed by atoms with Crippen molar-refractivity contribution in [2.45, 2.75) is 59.4 Å². The maximum atomic E-state index is 13.3. The van der Waals surface area contributed by atoms with E-state index in [0.29, 0.717) is 21.9 Å². The van der Waals surface area contributed by atoms with Gasteiger partial charge < -0.3 is 4.90 Å². The number of ketones is 1. The smallest absolute Gasteiger partial charge is 0.263 e. The molecule has 138 valence electrons. The minimum atomic E-state index is -0.0412. The van der Waals surface area contributed by atoms with Crippen molar-refractivity contribution in [3.63, 3.8) is 0 Å². The van der Waals surface area contributed by atoms with Crippen molar-refractivity contribution in [1.82, 2.24) is 9.55 Å². The predicted molar refractivity (Wildman–Crippen MR) is 104 cm³/mol. The third-order valence-electron chi connectivity index (χ3n) is 5.82. The molecule has 2 aliphatic rings. The molecule has 2 heterocycles. The van der Waals surface area contributed by atoms with Gasteiger partial charge in [-0.25, -0.2) is 4.98 Å². The number of benzene rings is 1. The number of hydrogen-bond donors (Lipinski definition) is 0. The Morgan fingerprint density at radius 1 is 1.19 bits per heavy atom. The van der Waals surface area contributed by atoms with Crippen LogP contribution in [0.5, 0.6) is 0 Å². The third-order valence-corrected chi connectivity index (χ3v) is 5.82. The van der Waals surface area contributed by atoms with Crippen molar-refractivity contribution in [2.24, 2.45) is 5.41 Å². The maximum absolute atomic E-state index is 13.3. The van der Waals surface area contributed by atoms with Crippen LogP contribution in [-0.2, 0) is 0 Å². The molecule has 0 spiro atoms. The Labute approximate surface area is 154 Å². The third kappa shape index (κ3) is 2.93. The Bertz CT molecular complexity index is 944. The molecule has 26 heavy (non-hydrogen) atoms. The molecule has 0 N–H and O–H groups in total. The van der Waals surface area contributed by atoms with Crippen LogP contribution >= 0.6 is 0 Å². The minimum absolute atomic E-state index is 0.00327. The summed E-state index contributed by atoms with van der Waals surface area (Å²) in [6.45, 7) is 9.86. The highest BCUT2D eigenvalue weighted by Crippen LogP contribution is 2.39. The van der Waals surface area contributed by atoms with Crippen LogP contribution in [0.3, 0.4) is 0 Å². The molecule has 1 aliphatic heterocycles. The number of rotatable bonds is 3. The summed E-state index contributed by atoms with van der Waals surface area (Å²) < 4.78 is 1.89. The topological polar surface area (TPSA) is 55.2 Å². The summed E-state index contributed by atoms with van der Waals surface area (Å²) >= 11 is 0. The Morgan fingerprint density at radius 2 is 1.85 bits per heavy atom. The van der Waals surface area contributed by atoms with Crippen LogP contribution in [0.2, 0.25) is 0 Å². The van der Waals surface area contributed by atoms with E-state index >= 15 is 0 Å². The van der Waals surface area contributed by atoms with Gasteiger partial charge in [0.1, 0.15) is 0 Å². The molecule has 5 nitrogen and oxygen atoms in total. The van der Waals surface area contributed by atoms with Crippen molar-refractivity contribution in [3.8, 4) is 0 Å². The summed E-state index contributed by atoms with van der Waals surface area (Å²) in [6, 6.07) is 3.98. The van der Waals surface area contributed by atoms with Gasteiger partial charge in [-0.3, -0.25) is 14.2 Å². The summed E-state index contributed by atoms with van der Waals surface area (Å²) in [7, 11) is 0. The van der Waals surface area contributed by atoms with Gasteiger partial charge in [0.15, 0.2) is 5.78 Å². The number of piperidine rings is 1. The van der Waals surface area contributed by atoms with Crippen LogP contribution in [0.4, 0.5) is 5.95 Å². The number of Topliss-reactive ketones (excluding diaryl/α,β-unsaturated/α-hetero) is 1. The average molecular weight is 353 g/mol. The molecule has 0 atom stereocenters. The molecule has 5 heteroatoms. The highest BCUT2D eigenvalue weighted by Gasteiger charge is 2.33. The zero-order valence-electron chi connectivity index (χ0n) is 16.1. The van der Waals surface area contributed by atoms with Crippen LogP contribution in [-0.4, -0.2) is 28.4 Å². The Hall–Kier alpha value is -2.17. The van der Waals surface area contributed by atoms with E-state index in [2.05, 4.69) is 18.7 Å². The highest BCUT2D eigenvalue weighted by molar-refractivity contribution is 6.05. The van der Waals surface area contributed by atoms with Crippen molar-refractivity contribution in [1.29, 1.82) is 0 Å². The summed E-state index contributed by atoms with van der Waals surface area (Å²) in [5.41, 5.74) is 2.38. The molecule has 0 radical (unpaired) electrons. The number of carbonyl (C=O) groups excluding carboxylic acids is 1. The summed E-state index contributed by atoms with van der Waals surface area (Å²) in [5.74, 6) is 0.715. The lowest BCUT2D eigenvalue weighted by Gasteiger charge is -2.38. The van der Waals surface area contributed by atoms with E-state index < -0.39 is 0 Å². The first-order valence-electron chi connectivity index (χ1n) is 9.60. The van der Waals surface area contributed by atoms with Gasteiger partial charge in [-0.15, -0.1) is 0 Å². The van der Waals surface area contributed by atoms with E-state index in [4.69, 9.17) is 4.98 Å². The van der Waals surface area contributed by atoms with Gasteiger partial charge in [0.05, 0.1) is 10.9 Å². The molecule has 0 amide bonds. The van der Waals surface area contributed by atoms with Gasteiger partial charge in [0, 0.05) is 24.7 Å². The van der Waals surface area contributed by atoms with E-state index in [-0.39, 0.29) is 17.4 Å². The van der Waals surface area contributed by atoms with Crippen molar-refractivity contribution >= 4 is 22.6 Å². The monoisotopic (exact) mass is 353 g/mol. The fourth-order valence-corrected chi connectivity index (χ4v) is 3.90. The number of fused-ring (bicyclic) bond motifs is 1. The maximum Gasteiger partial charge on any atom is 0.263 e. The summed E-state index contributed by atoms with van der Waals surface area (Å²) in [5, 5.41) is 0.572. The molecule has 1 saturated carbocycles. The Balaban J connectivity index is 1.93. The number of hydrogen-bond acceptors (Lipinski definition) is 4. The van der Waals surface area contributed by atoms with Gasteiger partial charge in [-0.05, 0) is 62.6 Å². The number of anilines is 1. The second kappa shape index (κ2) is 5.93. The van der Waals surface area contributed by atoms with Crippen molar-refractivity contribution in [3.05, 3.63) is 33.6 Å². The van der Waals surface area contributed by atoms with Gasteiger partial charge in [-0.1, -0.05) is 13.8 Å². The molecule has 1 aromatic heterocycles. The summed E-state index contributed by atoms with van der Waals surface area (Å²) in [6.07, 6.45) is 4.23. The zero-order chi connectivity index (χ0) is 18.6. The molecule has 0 bridgehead atoms. The highest BCUT2D eigenvalue weighted by atomic mass is 16.1. The first kappa shape index (κ1) is 17.3. The lowest BCUT2D eigenvalue weighted by atomic mass is 9.83. The van der Waals surface area contributed by atoms with Crippen molar-refractivity contribution in [2.75, 3.05) is 18.0 Å². The van der Waals surface area contributed by atoms with Crippen LogP contribution in [0.1, 0.15) is 68.4 Å². The first-order valence-corrected chi connectivity index (χ1v) is 9.60. The minimum Gasteiger partial charge on any atom is -0.342 e. The van der Waals surface area contributed by atoms with Gasteiger partial charge >= 0.3 is 0 Å². The second-order valence-corrected chi connectivity index (χ2v) is 8.73. The molecule has 2 fully saturated rings.